The third-order valence-corrected chi connectivity index (χ3v) is 5.38. The molecule has 0 aromatic heterocycles. The number of halogens is 1. The number of nitrogens with zero attached hydrogens (tertiary/aromatic N) is 2. The van der Waals surface area contributed by atoms with Crippen LogP contribution in [-0.2, 0) is 0 Å². The fourth-order valence-electron chi connectivity index (χ4n) is 3.80. The smallest absolute Gasteiger partial charge is 0.276 e. The molecule has 6 heteroatoms. The third kappa shape index (κ3) is 2.40. The molecule has 2 amide bonds. The fourth-order valence-corrected chi connectivity index (χ4v) is 3.96. The van der Waals surface area contributed by atoms with Gasteiger partial charge < -0.3 is 0 Å². The number of hydrogen-bond donors (Lipinski definition) is 1. The molecular weight excluding hydrogens is 374 g/mol. The predicted molar refractivity (Wildman–Crippen MR) is 108 cm³/mol. The first-order chi connectivity index (χ1) is 13.5. The monoisotopic (exact) mass is 389 g/mol. The van der Waals surface area contributed by atoms with Gasteiger partial charge in [0.25, 0.3) is 11.8 Å². The van der Waals surface area contributed by atoms with Crippen LogP contribution in [0.2, 0.25) is 5.02 Å². The topological polar surface area (TPSA) is 52.7 Å². The van der Waals surface area contributed by atoms with Gasteiger partial charge in [0.2, 0.25) is 0 Å². The number of fused-ring (bicyclic) bond motifs is 5. The summed E-state index contributed by atoms with van der Waals surface area (Å²) in [5.41, 5.74) is 7.43. The molecule has 0 saturated heterocycles. The van der Waals surface area contributed by atoms with Crippen molar-refractivity contribution in [2.45, 2.75) is 13.1 Å². The number of carbonyl (C=O) groups excluding carboxylic acids is 2. The highest BCUT2D eigenvalue weighted by Gasteiger charge is 2.48. The van der Waals surface area contributed by atoms with Crippen LogP contribution >= 0.6 is 11.6 Å². The first-order valence-corrected chi connectivity index (χ1v) is 9.31. The molecule has 2 heterocycles. The van der Waals surface area contributed by atoms with Gasteiger partial charge in [-0.15, -0.1) is 0 Å². The summed E-state index contributed by atoms with van der Waals surface area (Å²) in [5.74, 6) is -0.356. The highest BCUT2D eigenvalue weighted by molar-refractivity contribution is 6.31. The second kappa shape index (κ2) is 6.11. The summed E-state index contributed by atoms with van der Waals surface area (Å²) < 4.78 is 0. The van der Waals surface area contributed by atoms with Gasteiger partial charge in [0.1, 0.15) is 0 Å². The second-order valence-electron chi connectivity index (χ2n) is 6.95. The van der Waals surface area contributed by atoms with Crippen molar-refractivity contribution in [2.75, 3.05) is 10.3 Å². The average molecular weight is 390 g/mol. The molecule has 1 N–H and O–H groups in total. The molecule has 2 aliphatic rings. The van der Waals surface area contributed by atoms with E-state index in [0.717, 1.165) is 16.8 Å². The molecule has 0 spiro atoms. The van der Waals surface area contributed by atoms with E-state index in [1.165, 1.54) is 5.01 Å². The van der Waals surface area contributed by atoms with Gasteiger partial charge in [-0.1, -0.05) is 47.5 Å². The van der Waals surface area contributed by atoms with E-state index in [1.807, 2.05) is 49.4 Å². The number of anilines is 2. The van der Waals surface area contributed by atoms with Gasteiger partial charge in [0.05, 0.1) is 16.9 Å². The second-order valence-corrected chi connectivity index (χ2v) is 7.39. The molecular formula is C22H16ClN3O2. The van der Waals surface area contributed by atoms with Crippen LogP contribution in [0.15, 0.2) is 66.7 Å². The molecule has 0 saturated carbocycles. The van der Waals surface area contributed by atoms with Crippen LogP contribution in [0.5, 0.6) is 0 Å². The normalized spacial score (nSPS) is 17.3. The largest absolute Gasteiger partial charge is 0.293 e. The first-order valence-electron chi connectivity index (χ1n) is 8.93. The van der Waals surface area contributed by atoms with Crippen LogP contribution in [0.3, 0.4) is 0 Å². The number of benzene rings is 3. The summed E-state index contributed by atoms with van der Waals surface area (Å²) in [5, 5.41) is 2.00. The van der Waals surface area contributed by atoms with Crippen LogP contribution in [0.25, 0.3) is 0 Å². The Hall–Kier alpha value is -3.31. The summed E-state index contributed by atoms with van der Waals surface area (Å²) in [6.07, 6.45) is -0.580. The fraction of sp³-hybridized carbons (Fsp3) is 0.0909. The predicted octanol–water partition coefficient (Wildman–Crippen LogP) is 4.79. The van der Waals surface area contributed by atoms with Gasteiger partial charge in [-0.3, -0.25) is 19.9 Å². The number of hydrazine groups is 1. The lowest BCUT2D eigenvalue weighted by molar-refractivity contribution is 0.0700. The Morgan fingerprint density at radius 3 is 2.43 bits per heavy atom. The number of hydrogen-bond acceptors (Lipinski definition) is 3. The van der Waals surface area contributed by atoms with E-state index in [-0.39, 0.29) is 11.8 Å². The van der Waals surface area contributed by atoms with Crippen molar-refractivity contribution in [3.05, 3.63) is 94.0 Å². The average Bonchev–Trinajstić information content (AvgIpc) is 3.00. The zero-order valence-electron chi connectivity index (χ0n) is 15.0. The lowest BCUT2D eigenvalue weighted by atomic mass is 10.0. The SMILES string of the molecule is Cc1ccc(NN2C(=O)c3ccc(Cl)cc3N3C(=O)c4ccccc4C23)cc1. The molecule has 0 bridgehead atoms. The van der Waals surface area contributed by atoms with E-state index in [0.29, 0.717) is 21.8 Å². The zero-order chi connectivity index (χ0) is 19.4. The number of amides is 2. The Labute approximate surface area is 167 Å². The number of rotatable bonds is 2. The van der Waals surface area contributed by atoms with Crippen LogP contribution < -0.4 is 10.3 Å². The van der Waals surface area contributed by atoms with E-state index in [4.69, 9.17) is 11.6 Å². The number of carbonyl (C=O) groups is 2. The Balaban J connectivity index is 1.68. The Morgan fingerprint density at radius 1 is 0.893 bits per heavy atom. The van der Waals surface area contributed by atoms with Crippen LogP contribution in [-0.4, -0.2) is 16.8 Å². The van der Waals surface area contributed by atoms with E-state index < -0.39 is 6.17 Å². The molecule has 3 aromatic rings. The number of nitrogens with one attached hydrogen (secondary N) is 1. The van der Waals surface area contributed by atoms with E-state index in [1.54, 1.807) is 29.2 Å². The molecule has 5 rings (SSSR count). The Kier molecular flexibility index (Phi) is 3.67. The van der Waals surface area contributed by atoms with Gasteiger partial charge in [-0.2, -0.15) is 0 Å². The maximum atomic E-state index is 13.3. The lowest BCUT2D eigenvalue weighted by Gasteiger charge is -2.41. The van der Waals surface area contributed by atoms with Gasteiger partial charge in [0.15, 0.2) is 6.17 Å². The number of aryl methyl sites for hydroxylation is 1. The summed E-state index contributed by atoms with van der Waals surface area (Å²) in [4.78, 5) is 28.1. The van der Waals surface area contributed by atoms with Crippen LogP contribution in [0.4, 0.5) is 11.4 Å². The van der Waals surface area contributed by atoms with Crippen molar-refractivity contribution in [2.24, 2.45) is 0 Å². The van der Waals surface area contributed by atoms with Crippen molar-refractivity contribution >= 4 is 34.8 Å². The summed E-state index contributed by atoms with van der Waals surface area (Å²) >= 11 is 6.18. The zero-order valence-corrected chi connectivity index (χ0v) is 15.8. The van der Waals surface area contributed by atoms with Gasteiger partial charge in [0, 0.05) is 16.1 Å². The lowest BCUT2D eigenvalue weighted by Crippen LogP contribution is -2.50. The molecule has 0 fully saturated rings. The van der Waals surface area contributed by atoms with Crippen molar-refractivity contribution < 1.29 is 9.59 Å². The Morgan fingerprint density at radius 2 is 1.64 bits per heavy atom. The van der Waals surface area contributed by atoms with E-state index >= 15 is 0 Å². The van der Waals surface area contributed by atoms with Crippen molar-refractivity contribution in [3.63, 3.8) is 0 Å². The summed E-state index contributed by atoms with van der Waals surface area (Å²) in [7, 11) is 0. The minimum absolute atomic E-state index is 0.146. The van der Waals surface area contributed by atoms with Gasteiger partial charge >= 0.3 is 0 Å². The quantitative estimate of drug-likeness (QED) is 0.685. The first kappa shape index (κ1) is 16.8. The molecule has 28 heavy (non-hydrogen) atoms. The molecule has 3 aromatic carbocycles. The van der Waals surface area contributed by atoms with Crippen LogP contribution in [0, 0.1) is 6.92 Å². The molecule has 138 valence electrons. The van der Waals surface area contributed by atoms with Crippen LogP contribution in [0.1, 0.15) is 38.0 Å². The Bertz CT molecular complexity index is 1130. The molecule has 0 radical (unpaired) electrons. The molecule has 1 atom stereocenters. The standard InChI is InChI=1S/C22H16ClN3O2/c1-13-6-9-15(10-7-13)24-26-20-16-4-2-3-5-17(16)21(27)25(20)19-12-14(23)8-11-18(19)22(26)28/h2-12,20,24H,1H3. The molecule has 5 nitrogen and oxygen atoms in total. The molecule has 1 unspecified atom stereocenters. The van der Waals surface area contributed by atoms with E-state index in [2.05, 4.69) is 5.43 Å². The maximum absolute atomic E-state index is 13.3. The van der Waals surface area contributed by atoms with Crippen molar-refractivity contribution in [1.29, 1.82) is 0 Å². The summed E-state index contributed by atoms with van der Waals surface area (Å²) in [6, 6.07) is 20.1. The highest BCUT2D eigenvalue weighted by atomic mass is 35.5. The van der Waals surface area contributed by atoms with Crippen molar-refractivity contribution in [3.8, 4) is 0 Å². The van der Waals surface area contributed by atoms with E-state index in [9.17, 15) is 9.59 Å². The van der Waals surface area contributed by atoms with Gasteiger partial charge in [-0.25, -0.2) is 5.01 Å². The molecule has 2 aliphatic heterocycles. The molecule has 0 aliphatic carbocycles. The minimum Gasteiger partial charge on any atom is -0.293 e. The van der Waals surface area contributed by atoms with Crippen molar-refractivity contribution in [1.82, 2.24) is 5.01 Å². The third-order valence-electron chi connectivity index (χ3n) is 5.15. The maximum Gasteiger partial charge on any atom is 0.276 e. The highest BCUT2D eigenvalue weighted by Crippen LogP contribution is 2.45. The minimum atomic E-state index is -0.580. The van der Waals surface area contributed by atoms with Gasteiger partial charge in [-0.05, 0) is 43.3 Å². The summed E-state index contributed by atoms with van der Waals surface area (Å²) in [6.45, 7) is 2.00.